The summed E-state index contributed by atoms with van der Waals surface area (Å²) >= 11 is 9.42. The Morgan fingerprint density at radius 2 is 2.19 bits per heavy atom. The van der Waals surface area contributed by atoms with Crippen LogP contribution in [0.15, 0.2) is 33.3 Å². The largest absolute Gasteiger partial charge is 0.385 e. The van der Waals surface area contributed by atoms with Crippen LogP contribution in [0.1, 0.15) is 18.8 Å². The summed E-state index contributed by atoms with van der Waals surface area (Å²) in [4.78, 5) is 0. The summed E-state index contributed by atoms with van der Waals surface area (Å²) in [5, 5.41) is 13.8. The Hall–Kier alpha value is -0.840. The van der Waals surface area contributed by atoms with Crippen molar-refractivity contribution in [3.8, 4) is 11.3 Å². The molecule has 16 heavy (non-hydrogen) atoms. The van der Waals surface area contributed by atoms with Crippen molar-refractivity contribution in [2.75, 3.05) is 0 Å². The van der Waals surface area contributed by atoms with Crippen molar-refractivity contribution in [2.45, 2.75) is 13.0 Å². The fourth-order valence-corrected chi connectivity index (χ4v) is 1.88. The van der Waals surface area contributed by atoms with Crippen LogP contribution in [0, 0.1) is 0 Å². The number of rotatable bonds is 2. The molecule has 2 rings (SSSR count). The lowest BCUT2D eigenvalue weighted by Crippen LogP contribution is -1.85. The van der Waals surface area contributed by atoms with Gasteiger partial charge in [-0.05, 0) is 25.1 Å². The number of halogens is 2. The highest BCUT2D eigenvalue weighted by atomic mass is 79.9. The molecule has 0 radical (unpaired) electrons. The highest BCUT2D eigenvalue weighted by molar-refractivity contribution is 9.10. The van der Waals surface area contributed by atoms with Gasteiger partial charge in [0.2, 0.25) is 0 Å². The first-order valence-corrected chi connectivity index (χ1v) is 5.85. The molecule has 0 fully saturated rings. The van der Waals surface area contributed by atoms with Gasteiger partial charge in [-0.2, -0.15) is 0 Å². The molecule has 0 aliphatic heterocycles. The van der Waals surface area contributed by atoms with E-state index in [1.54, 1.807) is 19.1 Å². The fraction of sp³-hybridized carbons (Fsp3) is 0.182. The third-order valence-electron chi connectivity index (χ3n) is 2.14. The molecule has 1 heterocycles. The number of hydrogen-bond acceptors (Lipinski definition) is 3. The lowest BCUT2D eigenvalue weighted by Gasteiger charge is -1.99. The minimum absolute atomic E-state index is 0.422. The van der Waals surface area contributed by atoms with Crippen LogP contribution < -0.4 is 0 Å². The van der Waals surface area contributed by atoms with Crippen LogP contribution in [0.2, 0.25) is 5.02 Å². The molecule has 0 bridgehead atoms. The molecule has 0 aliphatic rings. The van der Waals surface area contributed by atoms with Gasteiger partial charge in [-0.1, -0.05) is 32.7 Å². The maximum Gasteiger partial charge on any atom is 0.165 e. The summed E-state index contributed by atoms with van der Waals surface area (Å²) in [5.41, 5.74) is 1.38. The number of aliphatic hydroxyl groups excluding tert-OH is 1. The van der Waals surface area contributed by atoms with Gasteiger partial charge in [-0.3, -0.25) is 0 Å². The standard InChI is InChI=1S/C11H9BrClNO2/c1-6(15)11-5-10(14-16-11)8-4-7(12)2-3-9(8)13/h2-6,15H,1H3. The lowest BCUT2D eigenvalue weighted by atomic mass is 10.1. The van der Waals surface area contributed by atoms with E-state index in [0.717, 1.165) is 10.0 Å². The molecule has 0 saturated heterocycles. The minimum Gasteiger partial charge on any atom is -0.385 e. The molecule has 1 N–H and O–H groups in total. The first-order chi connectivity index (χ1) is 7.58. The molecule has 1 unspecified atom stereocenters. The van der Waals surface area contributed by atoms with Crippen LogP contribution in [-0.4, -0.2) is 10.3 Å². The van der Waals surface area contributed by atoms with Gasteiger partial charge < -0.3 is 9.63 Å². The Morgan fingerprint density at radius 3 is 2.81 bits per heavy atom. The van der Waals surface area contributed by atoms with Crippen molar-refractivity contribution >= 4 is 27.5 Å². The predicted molar refractivity (Wildman–Crippen MR) is 65.3 cm³/mol. The van der Waals surface area contributed by atoms with E-state index >= 15 is 0 Å². The molecule has 3 nitrogen and oxygen atoms in total. The maximum atomic E-state index is 9.33. The van der Waals surface area contributed by atoms with Crippen LogP contribution in [0.5, 0.6) is 0 Å². The topological polar surface area (TPSA) is 46.3 Å². The quantitative estimate of drug-likeness (QED) is 0.917. The van der Waals surface area contributed by atoms with E-state index in [0.29, 0.717) is 16.5 Å². The summed E-state index contributed by atoms with van der Waals surface area (Å²) in [5.74, 6) is 0.422. The molecule has 0 amide bonds. The van der Waals surface area contributed by atoms with E-state index < -0.39 is 6.10 Å². The number of benzene rings is 1. The average Bonchev–Trinajstić information content (AvgIpc) is 2.70. The average molecular weight is 303 g/mol. The molecular formula is C11H9BrClNO2. The molecule has 1 aromatic carbocycles. The van der Waals surface area contributed by atoms with Gasteiger partial charge >= 0.3 is 0 Å². The monoisotopic (exact) mass is 301 g/mol. The van der Waals surface area contributed by atoms with Gasteiger partial charge in [-0.25, -0.2) is 0 Å². The van der Waals surface area contributed by atoms with E-state index in [9.17, 15) is 5.11 Å². The van der Waals surface area contributed by atoms with Crippen LogP contribution in [-0.2, 0) is 0 Å². The second-order valence-corrected chi connectivity index (χ2v) is 4.74. The van der Waals surface area contributed by atoms with Crippen LogP contribution in [0.25, 0.3) is 11.3 Å². The molecule has 0 spiro atoms. The van der Waals surface area contributed by atoms with Crippen molar-refractivity contribution in [3.63, 3.8) is 0 Å². The summed E-state index contributed by atoms with van der Waals surface area (Å²) in [6, 6.07) is 7.16. The maximum absolute atomic E-state index is 9.33. The number of hydrogen-bond donors (Lipinski definition) is 1. The van der Waals surface area contributed by atoms with E-state index in [4.69, 9.17) is 16.1 Å². The van der Waals surface area contributed by atoms with E-state index in [2.05, 4.69) is 21.1 Å². The molecule has 0 aliphatic carbocycles. The molecule has 0 saturated carbocycles. The molecule has 84 valence electrons. The molecule has 1 atom stereocenters. The van der Waals surface area contributed by atoms with Crippen LogP contribution in [0.3, 0.4) is 0 Å². The molecule has 1 aromatic heterocycles. The summed E-state index contributed by atoms with van der Waals surface area (Å²) < 4.78 is 5.91. The zero-order valence-corrected chi connectivity index (χ0v) is 10.8. The minimum atomic E-state index is -0.674. The SMILES string of the molecule is CC(O)c1cc(-c2cc(Br)ccc2Cl)no1. The van der Waals surface area contributed by atoms with E-state index in [1.165, 1.54) is 0 Å². The van der Waals surface area contributed by atoms with E-state index in [-0.39, 0.29) is 0 Å². The zero-order valence-electron chi connectivity index (χ0n) is 8.45. The van der Waals surface area contributed by atoms with Crippen molar-refractivity contribution in [1.29, 1.82) is 0 Å². The van der Waals surface area contributed by atoms with Gasteiger partial charge in [0.15, 0.2) is 5.76 Å². The Balaban J connectivity index is 2.46. The van der Waals surface area contributed by atoms with Crippen LogP contribution >= 0.6 is 27.5 Å². The number of aromatic nitrogens is 1. The number of nitrogens with zero attached hydrogens (tertiary/aromatic N) is 1. The predicted octanol–water partition coefficient (Wildman–Crippen LogP) is 3.81. The van der Waals surface area contributed by atoms with E-state index in [1.807, 2.05) is 12.1 Å². The van der Waals surface area contributed by atoms with Crippen molar-refractivity contribution in [3.05, 3.63) is 39.5 Å². The van der Waals surface area contributed by atoms with Crippen molar-refractivity contribution in [2.24, 2.45) is 0 Å². The van der Waals surface area contributed by atoms with Gasteiger partial charge in [0.25, 0.3) is 0 Å². The van der Waals surface area contributed by atoms with Gasteiger partial charge in [-0.15, -0.1) is 0 Å². The first-order valence-electron chi connectivity index (χ1n) is 4.68. The molecule has 2 aromatic rings. The van der Waals surface area contributed by atoms with Gasteiger partial charge in [0.1, 0.15) is 11.8 Å². The normalized spacial score (nSPS) is 12.8. The van der Waals surface area contributed by atoms with Crippen molar-refractivity contribution < 1.29 is 9.63 Å². The Bertz CT molecular complexity index is 510. The second kappa shape index (κ2) is 4.57. The van der Waals surface area contributed by atoms with Crippen molar-refractivity contribution in [1.82, 2.24) is 5.16 Å². The Labute approximate surface area is 106 Å². The lowest BCUT2D eigenvalue weighted by molar-refractivity contribution is 0.158. The number of aliphatic hydroxyl groups is 1. The summed E-state index contributed by atoms with van der Waals surface area (Å²) in [6.45, 7) is 1.62. The third kappa shape index (κ3) is 2.29. The third-order valence-corrected chi connectivity index (χ3v) is 2.97. The molecule has 5 heteroatoms. The summed E-state index contributed by atoms with van der Waals surface area (Å²) in [6.07, 6.45) is -0.674. The smallest absolute Gasteiger partial charge is 0.165 e. The first kappa shape index (κ1) is 11.6. The summed E-state index contributed by atoms with van der Waals surface area (Å²) in [7, 11) is 0. The highest BCUT2D eigenvalue weighted by Gasteiger charge is 2.13. The van der Waals surface area contributed by atoms with Gasteiger partial charge in [0, 0.05) is 16.1 Å². The van der Waals surface area contributed by atoms with Gasteiger partial charge in [0.05, 0.1) is 5.02 Å². The second-order valence-electron chi connectivity index (χ2n) is 3.41. The highest BCUT2D eigenvalue weighted by Crippen LogP contribution is 2.31. The molecular weight excluding hydrogens is 293 g/mol. The zero-order chi connectivity index (χ0) is 11.7. The fourth-order valence-electron chi connectivity index (χ4n) is 1.31. The van der Waals surface area contributed by atoms with Crippen LogP contribution in [0.4, 0.5) is 0 Å². The Kier molecular flexibility index (Phi) is 3.33. The Morgan fingerprint density at radius 1 is 1.44 bits per heavy atom.